The number of pyridine rings is 1. The van der Waals surface area contributed by atoms with E-state index in [0.717, 1.165) is 30.5 Å². The first kappa shape index (κ1) is 22.2. The van der Waals surface area contributed by atoms with E-state index in [2.05, 4.69) is 4.98 Å². The number of hydrogen-bond acceptors (Lipinski definition) is 4. The van der Waals surface area contributed by atoms with Crippen LogP contribution >= 0.6 is 0 Å². The zero-order chi connectivity index (χ0) is 24.2. The van der Waals surface area contributed by atoms with Crippen LogP contribution < -0.4 is 14.5 Å². The van der Waals surface area contributed by atoms with Crippen molar-refractivity contribution in [2.75, 3.05) is 23.6 Å². The number of fused-ring (bicyclic) bond motifs is 1. The molecule has 0 unspecified atom stereocenters. The number of halogens is 4. The zero-order valence-corrected chi connectivity index (χ0v) is 18.5. The molecule has 0 N–H and O–H groups in total. The van der Waals surface area contributed by atoms with Crippen molar-refractivity contribution < 1.29 is 27.1 Å². The molecule has 2 aliphatic rings. The lowest BCUT2D eigenvalue weighted by Crippen LogP contribution is -2.45. The molecule has 176 valence electrons. The maximum absolute atomic E-state index is 14.1. The minimum atomic E-state index is -4.57. The van der Waals surface area contributed by atoms with Gasteiger partial charge in [0.1, 0.15) is 12.5 Å². The molecule has 0 radical (unpaired) electrons. The highest BCUT2D eigenvalue weighted by Crippen LogP contribution is 2.48. The van der Waals surface area contributed by atoms with Crippen LogP contribution in [0.25, 0.3) is 0 Å². The summed E-state index contributed by atoms with van der Waals surface area (Å²) in [7, 11) is 1.48. The molecule has 1 fully saturated rings. The van der Waals surface area contributed by atoms with E-state index in [4.69, 9.17) is 4.74 Å². The second kappa shape index (κ2) is 8.00. The minimum Gasteiger partial charge on any atom is -0.481 e. The molecule has 34 heavy (non-hydrogen) atoms. The van der Waals surface area contributed by atoms with Crippen molar-refractivity contribution in [2.24, 2.45) is 0 Å². The van der Waals surface area contributed by atoms with E-state index in [1.807, 2.05) is 0 Å². The highest BCUT2D eigenvalue weighted by Gasteiger charge is 2.38. The Kier molecular flexibility index (Phi) is 5.22. The van der Waals surface area contributed by atoms with Gasteiger partial charge in [-0.25, -0.2) is 9.37 Å². The molecular weight excluding hydrogens is 450 g/mol. The highest BCUT2D eigenvalue weighted by molar-refractivity contribution is 6.13. The van der Waals surface area contributed by atoms with Crippen molar-refractivity contribution in [1.29, 1.82) is 0 Å². The fourth-order valence-electron chi connectivity index (χ4n) is 4.35. The number of hydrogen-bond donors (Lipinski definition) is 0. The standard InChI is InChI=1S/C25H21F4N3O2/c1-14-20(9-10-23(30-14)34-2)32-13-31(21-8-6-17(26)12-19(21)15-3-4-15)22-11-16(25(27,28)29)5-7-18(22)24(32)33/h5-12,15H,3-4,13H2,1-2H3. The summed E-state index contributed by atoms with van der Waals surface area (Å²) in [4.78, 5) is 20.9. The molecule has 1 amide bonds. The van der Waals surface area contributed by atoms with Gasteiger partial charge in [-0.2, -0.15) is 13.2 Å². The number of alkyl halides is 3. The van der Waals surface area contributed by atoms with Crippen molar-refractivity contribution in [3.05, 3.63) is 76.7 Å². The quantitative estimate of drug-likeness (QED) is 0.426. The van der Waals surface area contributed by atoms with Gasteiger partial charge in [0.05, 0.1) is 35.3 Å². The van der Waals surface area contributed by atoms with Gasteiger partial charge in [-0.15, -0.1) is 0 Å². The summed E-state index contributed by atoms with van der Waals surface area (Å²) in [5.74, 6) is -0.331. The average Bonchev–Trinajstić information content (AvgIpc) is 3.64. The van der Waals surface area contributed by atoms with E-state index >= 15 is 0 Å². The number of carbonyl (C=O) groups is 1. The van der Waals surface area contributed by atoms with Crippen LogP contribution in [0.3, 0.4) is 0 Å². The predicted molar refractivity (Wildman–Crippen MR) is 119 cm³/mol. The van der Waals surface area contributed by atoms with Gasteiger partial charge < -0.3 is 9.64 Å². The number of rotatable bonds is 4. The number of nitrogens with zero attached hydrogens (tertiary/aromatic N) is 3. The zero-order valence-electron chi connectivity index (χ0n) is 18.5. The van der Waals surface area contributed by atoms with Gasteiger partial charge in [0.25, 0.3) is 5.91 Å². The van der Waals surface area contributed by atoms with Crippen LogP contribution in [0.4, 0.5) is 34.6 Å². The molecule has 1 aliphatic carbocycles. The summed E-state index contributed by atoms with van der Waals surface area (Å²) >= 11 is 0. The molecule has 0 atom stereocenters. The van der Waals surface area contributed by atoms with Crippen LogP contribution in [0.2, 0.25) is 0 Å². The third kappa shape index (κ3) is 3.85. The Balaban J connectivity index is 1.69. The molecular formula is C25H21F4N3O2. The van der Waals surface area contributed by atoms with Gasteiger partial charge in [0.2, 0.25) is 5.88 Å². The van der Waals surface area contributed by atoms with E-state index in [0.29, 0.717) is 22.9 Å². The third-order valence-corrected chi connectivity index (χ3v) is 6.20. The molecule has 1 aromatic heterocycles. The van der Waals surface area contributed by atoms with E-state index in [1.165, 1.54) is 30.2 Å². The summed E-state index contributed by atoms with van der Waals surface area (Å²) in [6.07, 6.45) is -2.81. The van der Waals surface area contributed by atoms with E-state index < -0.39 is 23.5 Å². The van der Waals surface area contributed by atoms with Gasteiger partial charge in [-0.1, -0.05) is 0 Å². The van der Waals surface area contributed by atoms with Crippen LogP contribution in [0.1, 0.15) is 45.9 Å². The molecule has 3 aromatic rings. The summed E-state index contributed by atoms with van der Waals surface area (Å²) < 4.78 is 59.9. The Morgan fingerprint density at radius 2 is 1.71 bits per heavy atom. The number of aromatic nitrogens is 1. The van der Waals surface area contributed by atoms with Crippen LogP contribution in [-0.4, -0.2) is 24.7 Å². The van der Waals surface area contributed by atoms with Crippen molar-refractivity contribution in [1.82, 2.24) is 4.98 Å². The number of methoxy groups -OCH3 is 1. The Morgan fingerprint density at radius 3 is 2.35 bits per heavy atom. The number of aryl methyl sites for hydroxylation is 1. The van der Waals surface area contributed by atoms with Gasteiger partial charge in [-0.05, 0) is 73.7 Å². The molecule has 1 saturated carbocycles. The van der Waals surface area contributed by atoms with E-state index in [1.54, 1.807) is 30.0 Å². The molecule has 2 heterocycles. The van der Waals surface area contributed by atoms with Crippen molar-refractivity contribution in [3.63, 3.8) is 0 Å². The third-order valence-electron chi connectivity index (χ3n) is 6.20. The highest BCUT2D eigenvalue weighted by atomic mass is 19.4. The molecule has 0 saturated heterocycles. The van der Waals surface area contributed by atoms with Crippen molar-refractivity contribution in [2.45, 2.75) is 31.9 Å². The lowest BCUT2D eigenvalue weighted by Gasteiger charge is -2.39. The molecule has 0 bridgehead atoms. The van der Waals surface area contributed by atoms with Gasteiger partial charge in [0, 0.05) is 11.8 Å². The Morgan fingerprint density at radius 1 is 0.971 bits per heavy atom. The maximum atomic E-state index is 14.1. The number of amides is 1. The van der Waals surface area contributed by atoms with E-state index in [9.17, 15) is 22.4 Å². The first-order chi connectivity index (χ1) is 16.2. The number of benzene rings is 2. The normalized spacial score (nSPS) is 16.0. The molecule has 0 spiro atoms. The van der Waals surface area contributed by atoms with E-state index in [-0.39, 0.29) is 23.8 Å². The van der Waals surface area contributed by atoms with Crippen LogP contribution in [0.15, 0.2) is 48.5 Å². The number of ether oxygens (including phenoxy) is 1. The Bertz CT molecular complexity index is 1290. The molecule has 1 aliphatic heterocycles. The smallest absolute Gasteiger partial charge is 0.416 e. The first-order valence-corrected chi connectivity index (χ1v) is 10.8. The Hall–Kier alpha value is -3.62. The lowest BCUT2D eigenvalue weighted by molar-refractivity contribution is -0.137. The fraction of sp³-hybridized carbons (Fsp3) is 0.280. The second-order valence-corrected chi connectivity index (χ2v) is 8.47. The van der Waals surface area contributed by atoms with Gasteiger partial charge >= 0.3 is 6.18 Å². The second-order valence-electron chi connectivity index (χ2n) is 8.47. The topological polar surface area (TPSA) is 45.7 Å². The maximum Gasteiger partial charge on any atom is 0.416 e. The summed E-state index contributed by atoms with van der Waals surface area (Å²) in [6.45, 7) is 1.68. The van der Waals surface area contributed by atoms with Crippen LogP contribution in [0, 0.1) is 12.7 Å². The predicted octanol–water partition coefficient (Wildman–Crippen LogP) is 6.19. The van der Waals surface area contributed by atoms with Crippen molar-refractivity contribution in [3.8, 4) is 5.88 Å². The average molecular weight is 471 g/mol. The molecule has 5 nitrogen and oxygen atoms in total. The first-order valence-electron chi connectivity index (χ1n) is 10.8. The van der Waals surface area contributed by atoms with Crippen LogP contribution in [0.5, 0.6) is 5.88 Å². The Labute approximate surface area is 193 Å². The van der Waals surface area contributed by atoms with Gasteiger partial charge in [-0.3, -0.25) is 9.69 Å². The largest absolute Gasteiger partial charge is 0.481 e. The monoisotopic (exact) mass is 471 g/mol. The summed E-state index contributed by atoms with van der Waals surface area (Å²) in [5.41, 5.74) is 1.77. The summed E-state index contributed by atoms with van der Waals surface area (Å²) in [5, 5.41) is 0. The fourth-order valence-corrected chi connectivity index (χ4v) is 4.35. The van der Waals surface area contributed by atoms with Crippen molar-refractivity contribution >= 4 is 23.0 Å². The molecule has 2 aromatic carbocycles. The molecule has 9 heteroatoms. The van der Waals surface area contributed by atoms with Crippen LogP contribution in [-0.2, 0) is 6.18 Å². The SMILES string of the molecule is COc1ccc(N2CN(c3ccc(F)cc3C3CC3)c3cc(C(F)(F)F)ccc3C2=O)c(C)n1. The number of anilines is 3. The summed E-state index contributed by atoms with van der Waals surface area (Å²) in [6, 6.07) is 10.7. The lowest BCUT2D eigenvalue weighted by atomic mass is 10.0. The molecule has 5 rings (SSSR count). The van der Waals surface area contributed by atoms with Gasteiger partial charge in [0.15, 0.2) is 0 Å². The minimum absolute atomic E-state index is 0.0483. The number of carbonyl (C=O) groups excluding carboxylic acids is 1.